The van der Waals surface area contributed by atoms with Crippen LogP contribution >= 0.6 is 11.6 Å². The predicted molar refractivity (Wildman–Crippen MR) is 53.6 cm³/mol. The van der Waals surface area contributed by atoms with E-state index in [4.69, 9.17) is 11.6 Å². The second-order valence-corrected chi connectivity index (χ2v) is 2.36. The van der Waals surface area contributed by atoms with Crippen molar-refractivity contribution in [2.45, 2.75) is 0 Å². The van der Waals surface area contributed by atoms with Crippen LogP contribution in [0.5, 0.6) is 0 Å². The van der Waals surface area contributed by atoms with Crippen molar-refractivity contribution in [3.05, 3.63) is 36.1 Å². The molecule has 0 fully saturated rings. The van der Waals surface area contributed by atoms with E-state index in [0.717, 1.165) is 11.3 Å². The average molecular weight is 181 g/mol. The van der Waals surface area contributed by atoms with Crippen molar-refractivity contribution in [1.29, 1.82) is 0 Å². The maximum absolute atomic E-state index is 5.44. The zero-order valence-electron chi connectivity index (χ0n) is 6.57. The smallest absolute Gasteiger partial charge is 0.0728 e. The van der Waals surface area contributed by atoms with Crippen LogP contribution in [0, 0.1) is 0 Å². The van der Waals surface area contributed by atoms with Crippen molar-refractivity contribution in [3.8, 4) is 0 Å². The lowest BCUT2D eigenvalue weighted by molar-refractivity contribution is 0.926. The number of halogens is 1. The van der Waals surface area contributed by atoms with Gasteiger partial charge in [-0.25, -0.2) is 4.68 Å². The normalized spacial score (nSPS) is 10.4. The first kappa shape index (κ1) is 8.81. The third kappa shape index (κ3) is 1.48. The van der Waals surface area contributed by atoms with E-state index in [-0.39, 0.29) is 0 Å². The molecule has 2 nitrogen and oxygen atoms in total. The van der Waals surface area contributed by atoms with E-state index in [2.05, 4.69) is 18.3 Å². The molecule has 0 aliphatic heterocycles. The molecule has 0 saturated carbocycles. The molecule has 3 heteroatoms. The van der Waals surface area contributed by atoms with Gasteiger partial charge in [0.25, 0.3) is 0 Å². The van der Waals surface area contributed by atoms with Crippen LogP contribution in [-0.4, -0.2) is 9.78 Å². The quantitative estimate of drug-likeness (QED) is 0.700. The molecule has 0 unspecified atom stereocenters. The monoisotopic (exact) mass is 180 g/mol. The number of hydrogen-bond acceptors (Lipinski definition) is 1. The maximum atomic E-state index is 5.44. The molecule has 0 bridgehead atoms. The molecule has 12 heavy (non-hydrogen) atoms. The third-order valence-electron chi connectivity index (χ3n) is 1.47. The van der Waals surface area contributed by atoms with Crippen LogP contribution < -0.4 is 0 Å². The van der Waals surface area contributed by atoms with Crippen LogP contribution in [0.1, 0.15) is 11.3 Å². The fourth-order valence-electron chi connectivity index (χ4n) is 0.938. The zero-order chi connectivity index (χ0) is 8.97. The van der Waals surface area contributed by atoms with Gasteiger partial charge in [0.15, 0.2) is 0 Å². The van der Waals surface area contributed by atoms with Gasteiger partial charge in [-0.1, -0.05) is 24.8 Å². The summed E-state index contributed by atoms with van der Waals surface area (Å²) in [6, 6.07) is 0. The Morgan fingerprint density at radius 2 is 2.25 bits per heavy atom. The summed E-state index contributed by atoms with van der Waals surface area (Å²) in [5, 5.41) is 4.04. The number of rotatable bonds is 3. The summed E-state index contributed by atoms with van der Waals surface area (Å²) in [7, 11) is 0. The van der Waals surface area contributed by atoms with E-state index in [1.807, 2.05) is 0 Å². The topological polar surface area (TPSA) is 17.8 Å². The van der Waals surface area contributed by atoms with Crippen molar-refractivity contribution in [2.24, 2.45) is 0 Å². The first-order valence-electron chi connectivity index (χ1n) is 3.42. The highest BCUT2D eigenvalue weighted by Crippen LogP contribution is 2.12. The summed E-state index contributed by atoms with van der Waals surface area (Å²) in [5.41, 5.74) is 3.26. The number of hydrogen-bond donors (Lipinski definition) is 0. The Hall–Kier alpha value is -1.28. The van der Waals surface area contributed by atoms with Crippen molar-refractivity contribution < 1.29 is 0 Å². The molecule has 0 saturated heterocycles. The molecule has 0 atom stereocenters. The van der Waals surface area contributed by atoms with E-state index < -0.39 is 0 Å². The molecule has 1 rings (SSSR count). The van der Waals surface area contributed by atoms with Crippen LogP contribution in [0.3, 0.4) is 0 Å². The average Bonchev–Trinajstić information content (AvgIpc) is 2.47. The molecular weight excluding hydrogens is 172 g/mol. The van der Waals surface area contributed by atoms with E-state index in [1.165, 1.54) is 5.54 Å². The molecular formula is C9H9ClN2. The van der Waals surface area contributed by atoms with Crippen LogP contribution in [0.4, 0.5) is 0 Å². The minimum atomic E-state index is 0.891. The van der Waals surface area contributed by atoms with Gasteiger partial charge >= 0.3 is 0 Å². The molecule has 0 aliphatic rings. The summed E-state index contributed by atoms with van der Waals surface area (Å²) in [6.07, 6.45) is 6.78. The Kier molecular flexibility index (Phi) is 2.88. The molecule has 0 aliphatic carbocycles. The van der Waals surface area contributed by atoms with Gasteiger partial charge in [-0.05, 0) is 12.2 Å². The van der Waals surface area contributed by atoms with Crippen molar-refractivity contribution >= 4 is 30.0 Å². The lowest BCUT2D eigenvalue weighted by Gasteiger charge is -1.95. The summed E-state index contributed by atoms with van der Waals surface area (Å²) in [5.74, 6) is 0. The van der Waals surface area contributed by atoms with Gasteiger partial charge in [0.05, 0.1) is 11.9 Å². The van der Waals surface area contributed by atoms with Gasteiger partial charge in [0, 0.05) is 17.3 Å². The number of nitrogens with zero attached hydrogens (tertiary/aromatic N) is 2. The van der Waals surface area contributed by atoms with Gasteiger partial charge in [-0.2, -0.15) is 5.10 Å². The second-order valence-electron chi connectivity index (χ2n) is 2.11. The first-order valence-corrected chi connectivity index (χ1v) is 3.86. The summed E-state index contributed by atoms with van der Waals surface area (Å²) >= 11 is 5.44. The van der Waals surface area contributed by atoms with Crippen LogP contribution in [0.2, 0.25) is 0 Å². The van der Waals surface area contributed by atoms with E-state index in [0.29, 0.717) is 0 Å². The Bertz CT molecular complexity index is 323. The predicted octanol–water partition coefficient (Wildman–Crippen LogP) is 2.84. The molecule has 0 aromatic carbocycles. The van der Waals surface area contributed by atoms with Crippen molar-refractivity contribution in [1.82, 2.24) is 9.78 Å². The lowest BCUT2D eigenvalue weighted by atomic mass is 10.2. The van der Waals surface area contributed by atoms with Crippen LogP contribution in [-0.2, 0) is 0 Å². The summed E-state index contributed by atoms with van der Waals surface area (Å²) in [6.45, 7) is 7.28. The zero-order valence-corrected chi connectivity index (χ0v) is 7.33. The fraction of sp³-hybridized carbons (Fsp3) is 0. The molecule has 0 N–H and O–H groups in total. The van der Waals surface area contributed by atoms with Gasteiger partial charge < -0.3 is 0 Å². The highest BCUT2D eigenvalue weighted by molar-refractivity contribution is 6.27. The highest BCUT2D eigenvalue weighted by Gasteiger charge is 2.01. The molecule has 1 aromatic rings. The molecule has 0 amide bonds. The van der Waals surface area contributed by atoms with Gasteiger partial charge in [-0.3, -0.25) is 0 Å². The summed E-state index contributed by atoms with van der Waals surface area (Å²) < 4.78 is 1.64. The largest absolute Gasteiger partial charge is 0.241 e. The number of aromatic nitrogens is 2. The van der Waals surface area contributed by atoms with Gasteiger partial charge in [0.1, 0.15) is 0 Å². The molecule has 0 spiro atoms. The van der Waals surface area contributed by atoms with Gasteiger partial charge in [0.2, 0.25) is 0 Å². The van der Waals surface area contributed by atoms with E-state index in [9.17, 15) is 0 Å². The molecule has 62 valence electrons. The molecule has 0 radical (unpaired) electrons. The Morgan fingerprint density at radius 1 is 1.50 bits per heavy atom. The standard InChI is InChI=1S/C9H9ClN2/c1-3-9-8(5-6-10)7-11-12(9)4-2/h3-7H,1-2H2/b6-5-. The molecule has 1 aromatic heterocycles. The second kappa shape index (κ2) is 3.93. The first-order chi connectivity index (χ1) is 5.83. The summed E-state index contributed by atoms with van der Waals surface area (Å²) in [4.78, 5) is 0. The van der Waals surface area contributed by atoms with Crippen molar-refractivity contribution in [2.75, 3.05) is 0 Å². The van der Waals surface area contributed by atoms with Crippen LogP contribution in [0.25, 0.3) is 18.4 Å². The fourth-order valence-corrected chi connectivity index (χ4v) is 1.07. The van der Waals surface area contributed by atoms with E-state index in [1.54, 1.807) is 29.2 Å². The highest BCUT2D eigenvalue weighted by atomic mass is 35.5. The van der Waals surface area contributed by atoms with Gasteiger partial charge in [-0.15, -0.1) is 0 Å². The minimum absolute atomic E-state index is 0.891. The van der Waals surface area contributed by atoms with Crippen LogP contribution in [0.15, 0.2) is 24.9 Å². The maximum Gasteiger partial charge on any atom is 0.0728 e. The Labute approximate surface area is 76.5 Å². The Morgan fingerprint density at radius 3 is 2.75 bits per heavy atom. The SMILES string of the molecule is C=Cc1c(/C=C\Cl)cnn1C=C. The minimum Gasteiger partial charge on any atom is -0.241 e. The van der Waals surface area contributed by atoms with E-state index >= 15 is 0 Å². The van der Waals surface area contributed by atoms with Crippen molar-refractivity contribution in [3.63, 3.8) is 0 Å². The Balaban J connectivity index is 3.21. The lowest BCUT2D eigenvalue weighted by Crippen LogP contribution is -1.90. The molecule has 1 heterocycles. The third-order valence-corrected chi connectivity index (χ3v) is 1.60.